The van der Waals surface area contributed by atoms with Crippen LogP contribution in [0.3, 0.4) is 0 Å². The molecule has 8 heteroatoms. The second-order valence-corrected chi connectivity index (χ2v) is 3.45. The molecule has 0 fully saturated rings. The van der Waals surface area contributed by atoms with Crippen LogP contribution in [-0.2, 0) is 4.79 Å². The molecule has 0 heterocycles. The summed E-state index contributed by atoms with van der Waals surface area (Å²) in [5.41, 5.74) is 0.0295. The highest BCUT2D eigenvalue weighted by Gasteiger charge is 2.39. The predicted octanol–water partition coefficient (Wildman–Crippen LogP) is 1.56. The number of carbonyl (C=O) groups is 2. The maximum absolute atomic E-state index is 12.1. The third-order valence-electron chi connectivity index (χ3n) is 2.20. The first-order chi connectivity index (χ1) is 8.79. The predicted molar refractivity (Wildman–Crippen MR) is 61.1 cm³/mol. The molecule has 1 rings (SSSR count). The van der Waals surface area contributed by atoms with E-state index in [9.17, 15) is 22.8 Å². The first kappa shape index (κ1) is 14.8. The summed E-state index contributed by atoms with van der Waals surface area (Å²) in [6, 6.07) is 3.66. The van der Waals surface area contributed by atoms with Crippen LogP contribution in [0.5, 0.6) is 5.75 Å². The van der Waals surface area contributed by atoms with Crippen molar-refractivity contribution in [3.8, 4) is 5.75 Å². The Kier molecular flexibility index (Phi) is 4.36. The molecule has 1 aromatic rings. The summed E-state index contributed by atoms with van der Waals surface area (Å²) < 4.78 is 41.2. The van der Waals surface area contributed by atoms with Crippen molar-refractivity contribution in [3.63, 3.8) is 0 Å². The summed E-state index contributed by atoms with van der Waals surface area (Å²) in [6.45, 7) is 0. The Hall–Kier alpha value is -2.25. The Balaban J connectivity index is 3.03. The van der Waals surface area contributed by atoms with Gasteiger partial charge in [0, 0.05) is 12.6 Å². The smallest absolute Gasteiger partial charge is 0.471 e. The number of methoxy groups -OCH3 is 1. The highest BCUT2D eigenvalue weighted by molar-refractivity contribution is 5.98. The number of nitrogens with one attached hydrogen (secondary N) is 2. The van der Waals surface area contributed by atoms with Gasteiger partial charge in [0.1, 0.15) is 5.75 Å². The van der Waals surface area contributed by atoms with Crippen LogP contribution in [0.4, 0.5) is 18.9 Å². The van der Waals surface area contributed by atoms with Gasteiger partial charge in [0.2, 0.25) is 0 Å². The Labute approximate surface area is 106 Å². The van der Waals surface area contributed by atoms with Crippen molar-refractivity contribution in [3.05, 3.63) is 23.8 Å². The van der Waals surface area contributed by atoms with Gasteiger partial charge in [-0.2, -0.15) is 13.2 Å². The van der Waals surface area contributed by atoms with E-state index in [0.717, 1.165) is 6.07 Å². The molecular weight excluding hydrogens is 265 g/mol. The van der Waals surface area contributed by atoms with E-state index in [2.05, 4.69) is 5.32 Å². The lowest BCUT2D eigenvalue weighted by molar-refractivity contribution is -0.167. The molecule has 0 aromatic heterocycles. The average molecular weight is 276 g/mol. The number of amides is 2. The average Bonchev–Trinajstić information content (AvgIpc) is 2.37. The molecule has 2 amide bonds. The summed E-state index contributed by atoms with van der Waals surface area (Å²) in [7, 11) is 2.63. The van der Waals surface area contributed by atoms with Crippen molar-refractivity contribution < 1.29 is 27.5 Å². The molecule has 5 nitrogen and oxygen atoms in total. The van der Waals surface area contributed by atoms with E-state index in [-0.39, 0.29) is 17.0 Å². The number of hydrogen-bond acceptors (Lipinski definition) is 3. The summed E-state index contributed by atoms with van der Waals surface area (Å²) in [4.78, 5) is 22.1. The summed E-state index contributed by atoms with van der Waals surface area (Å²) in [5, 5.41) is 4.02. The van der Waals surface area contributed by atoms with Gasteiger partial charge in [0.25, 0.3) is 5.91 Å². The van der Waals surface area contributed by atoms with Gasteiger partial charge in [-0.3, -0.25) is 9.59 Å². The Morgan fingerprint density at radius 3 is 2.37 bits per heavy atom. The highest BCUT2D eigenvalue weighted by atomic mass is 19.4. The fraction of sp³-hybridized carbons (Fsp3) is 0.273. The Bertz CT molecular complexity index is 500. The van der Waals surface area contributed by atoms with E-state index in [1.807, 2.05) is 0 Å². The molecule has 0 spiro atoms. The minimum atomic E-state index is -5.00. The molecule has 0 bridgehead atoms. The number of alkyl halides is 3. The number of anilines is 1. The van der Waals surface area contributed by atoms with E-state index in [1.54, 1.807) is 5.32 Å². The van der Waals surface area contributed by atoms with E-state index in [0.29, 0.717) is 0 Å². The van der Waals surface area contributed by atoms with Crippen LogP contribution in [0, 0.1) is 0 Å². The van der Waals surface area contributed by atoms with Crippen molar-refractivity contribution in [2.45, 2.75) is 6.18 Å². The summed E-state index contributed by atoms with van der Waals surface area (Å²) in [5.74, 6) is -2.58. The molecule has 0 aliphatic rings. The number of ether oxygens (including phenoxy) is 1. The number of carbonyl (C=O) groups excluding carboxylic acids is 2. The zero-order valence-corrected chi connectivity index (χ0v) is 10.1. The molecular formula is C11H11F3N2O3. The van der Waals surface area contributed by atoms with E-state index in [4.69, 9.17) is 4.74 Å². The van der Waals surface area contributed by atoms with Crippen LogP contribution < -0.4 is 15.4 Å². The van der Waals surface area contributed by atoms with Crippen molar-refractivity contribution in [1.29, 1.82) is 0 Å². The van der Waals surface area contributed by atoms with Crippen molar-refractivity contribution in [2.24, 2.45) is 0 Å². The second-order valence-electron chi connectivity index (χ2n) is 3.45. The van der Waals surface area contributed by atoms with Gasteiger partial charge in [-0.15, -0.1) is 0 Å². The minimum absolute atomic E-state index is 0.0429. The summed E-state index contributed by atoms with van der Waals surface area (Å²) in [6.07, 6.45) is -5.00. The number of benzene rings is 1. The van der Waals surface area contributed by atoms with Gasteiger partial charge in [-0.05, 0) is 18.2 Å². The van der Waals surface area contributed by atoms with Gasteiger partial charge in [0.05, 0.1) is 12.8 Å². The lowest BCUT2D eigenvalue weighted by Gasteiger charge is -2.12. The van der Waals surface area contributed by atoms with Gasteiger partial charge >= 0.3 is 12.1 Å². The van der Waals surface area contributed by atoms with E-state index < -0.39 is 18.0 Å². The first-order valence-electron chi connectivity index (χ1n) is 5.08. The zero-order valence-electron chi connectivity index (χ0n) is 10.1. The first-order valence-corrected chi connectivity index (χ1v) is 5.08. The second kappa shape index (κ2) is 5.59. The van der Waals surface area contributed by atoms with Crippen LogP contribution in [-0.4, -0.2) is 32.1 Å². The Morgan fingerprint density at radius 2 is 1.89 bits per heavy atom. The molecule has 0 unspecified atom stereocenters. The third kappa shape index (κ3) is 3.60. The van der Waals surface area contributed by atoms with Gasteiger partial charge in [-0.1, -0.05) is 0 Å². The molecule has 0 saturated heterocycles. The molecule has 0 radical (unpaired) electrons. The maximum atomic E-state index is 12.1. The molecule has 0 aliphatic heterocycles. The molecule has 19 heavy (non-hydrogen) atoms. The normalized spacial score (nSPS) is 10.8. The lowest BCUT2D eigenvalue weighted by Crippen LogP contribution is -2.30. The van der Waals surface area contributed by atoms with E-state index >= 15 is 0 Å². The fourth-order valence-electron chi connectivity index (χ4n) is 1.27. The monoisotopic (exact) mass is 276 g/mol. The number of halogens is 3. The zero-order chi connectivity index (χ0) is 14.6. The van der Waals surface area contributed by atoms with Crippen LogP contribution in [0.1, 0.15) is 10.4 Å². The van der Waals surface area contributed by atoms with Crippen LogP contribution >= 0.6 is 0 Å². The van der Waals surface area contributed by atoms with Gasteiger partial charge < -0.3 is 15.4 Å². The van der Waals surface area contributed by atoms with Crippen LogP contribution in [0.25, 0.3) is 0 Å². The highest BCUT2D eigenvalue weighted by Crippen LogP contribution is 2.27. The van der Waals surface area contributed by atoms with Crippen LogP contribution in [0.2, 0.25) is 0 Å². The molecule has 0 aliphatic carbocycles. The minimum Gasteiger partial charge on any atom is -0.495 e. The summed E-state index contributed by atoms with van der Waals surface area (Å²) >= 11 is 0. The third-order valence-corrected chi connectivity index (χ3v) is 2.20. The largest absolute Gasteiger partial charge is 0.495 e. The SMILES string of the molecule is CNC(=O)c1ccc(NC(=O)C(F)(F)F)c(OC)c1. The molecule has 0 saturated carbocycles. The quantitative estimate of drug-likeness (QED) is 0.880. The maximum Gasteiger partial charge on any atom is 0.471 e. The fourth-order valence-corrected chi connectivity index (χ4v) is 1.27. The van der Waals surface area contributed by atoms with Gasteiger partial charge in [-0.25, -0.2) is 0 Å². The van der Waals surface area contributed by atoms with Crippen molar-refractivity contribution in [2.75, 3.05) is 19.5 Å². The topological polar surface area (TPSA) is 67.4 Å². The lowest BCUT2D eigenvalue weighted by atomic mass is 10.1. The van der Waals surface area contributed by atoms with Crippen molar-refractivity contribution in [1.82, 2.24) is 5.32 Å². The standard InChI is InChI=1S/C11H11F3N2O3/c1-15-9(17)6-3-4-7(8(5-6)19-2)16-10(18)11(12,13)14/h3-5H,1-2H3,(H,15,17)(H,16,18). The van der Waals surface area contributed by atoms with Crippen molar-refractivity contribution >= 4 is 17.5 Å². The van der Waals surface area contributed by atoms with Crippen LogP contribution in [0.15, 0.2) is 18.2 Å². The molecule has 1 aromatic carbocycles. The number of rotatable bonds is 3. The van der Waals surface area contributed by atoms with E-state index in [1.165, 1.54) is 26.3 Å². The van der Waals surface area contributed by atoms with Gasteiger partial charge in [0.15, 0.2) is 0 Å². The number of hydrogen-bond donors (Lipinski definition) is 2. The Morgan fingerprint density at radius 1 is 1.26 bits per heavy atom. The molecule has 0 atom stereocenters. The molecule has 104 valence electrons. The molecule has 2 N–H and O–H groups in total.